The Labute approximate surface area is 94.4 Å². The summed E-state index contributed by atoms with van der Waals surface area (Å²) in [5.41, 5.74) is -0.571. The van der Waals surface area contributed by atoms with Crippen LogP contribution in [0.15, 0.2) is 15.8 Å². The third-order valence-corrected chi connectivity index (χ3v) is 2.55. The summed E-state index contributed by atoms with van der Waals surface area (Å²) in [6, 6.07) is 0. The lowest BCUT2D eigenvalue weighted by atomic mass is 10.5. The van der Waals surface area contributed by atoms with Gasteiger partial charge in [-0.25, -0.2) is 4.79 Å². The molecule has 6 heteroatoms. The van der Waals surface area contributed by atoms with E-state index in [0.717, 1.165) is 0 Å². The zero-order valence-corrected chi connectivity index (χ0v) is 10.1. The number of aryl methyl sites for hydroxylation is 1. The first-order chi connectivity index (χ1) is 6.57. The lowest BCUT2D eigenvalue weighted by molar-refractivity contribution is 0.184. The van der Waals surface area contributed by atoms with E-state index in [-0.39, 0.29) is 11.2 Å². The zero-order valence-electron chi connectivity index (χ0n) is 7.99. The summed E-state index contributed by atoms with van der Waals surface area (Å²) < 4.78 is 7.91. The van der Waals surface area contributed by atoms with Crippen molar-refractivity contribution in [3.05, 3.63) is 30.6 Å². The molecule has 0 aromatic carbocycles. The van der Waals surface area contributed by atoms with Gasteiger partial charge in [-0.1, -0.05) is 0 Å². The normalized spacial score (nSPS) is 10.5. The minimum atomic E-state index is -0.313. The van der Waals surface area contributed by atoms with Gasteiger partial charge in [-0.3, -0.25) is 9.36 Å². The van der Waals surface area contributed by atoms with Crippen LogP contribution in [-0.2, 0) is 18.3 Å². The number of aromatic nitrogens is 2. The Morgan fingerprint density at radius 1 is 1.50 bits per heavy atom. The maximum absolute atomic E-state index is 11.5. The van der Waals surface area contributed by atoms with Crippen LogP contribution in [0.25, 0.3) is 0 Å². The van der Waals surface area contributed by atoms with Crippen molar-refractivity contribution in [1.82, 2.24) is 9.13 Å². The van der Waals surface area contributed by atoms with Crippen LogP contribution in [0.2, 0.25) is 0 Å². The molecule has 0 fully saturated rings. The molecule has 0 unspecified atom stereocenters. The molecular formula is C8H11IN2O3. The Hall–Kier alpha value is -0.630. The molecule has 0 bridgehead atoms. The maximum atomic E-state index is 11.5. The minimum absolute atomic E-state index is 0.259. The van der Waals surface area contributed by atoms with Crippen LogP contribution in [0, 0.1) is 3.57 Å². The molecule has 0 N–H and O–H groups in total. The van der Waals surface area contributed by atoms with Crippen molar-refractivity contribution in [2.45, 2.75) is 6.54 Å². The first-order valence-electron chi connectivity index (χ1n) is 4.03. The molecule has 0 aliphatic rings. The Balaban J connectivity index is 3.26. The molecule has 5 nitrogen and oxygen atoms in total. The lowest BCUT2D eigenvalue weighted by Crippen LogP contribution is -2.40. The highest BCUT2D eigenvalue weighted by Gasteiger charge is 2.06. The van der Waals surface area contributed by atoms with Crippen LogP contribution in [0.4, 0.5) is 0 Å². The van der Waals surface area contributed by atoms with E-state index in [1.807, 2.05) is 22.6 Å². The number of hydrogen-bond acceptors (Lipinski definition) is 3. The van der Waals surface area contributed by atoms with Crippen molar-refractivity contribution in [3.8, 4) is 0 Å². The summed E-state index contributed by atoms with van der Waals surface area (Å²) in [4.78, 5) is 23.0. The van der Waals surface area contributed by atoms with Crippen LogP contribution in [0.5, 0.6) is 0 Å². The standard InChI is InChI=1S/C8H11IN2O3/c1-10-5-6(9)7(12)11(8(10)13)3-4-14-2/h5H,3-4H2,1-2H3. The number of ether oxygens (including phenoxy) is 1. The third-order valence-electron chi connectivity index (χ3n) is 1.81. The molecule has 1 heterocycles. The summed E-state index contributed by atoms with van der Waals surface area (Å²) in [5, 5.41) is 0. The van der Waals surface area contributed by atoms with Gasteiger partial charge in [0.25, 0.3) is 5.56 Å². The minimum Gasteiger partial charge on any atom is -0.383 e. The van der Waals surface area contributed by atoms with Gasteiger partial charge in [0.15, 0.2) is 0 Å². The predicted octanol–water partition coefficient (Wildman–Crippen LogP) is -0.202. The number of nitrogens with zero attached hydrogens (tertiary/aromatic N) is 2. The first-order valence-corrected chi connectivity index (χ1v) is 5.10. The summed E-state index contributed by atoms with van der Waals surface area (Å²) in [5.74, 6) is 0. The molecule has 1 aromatic rings. The van der Waals surface area contributed by atoms with Gasteiger partial charge in [0, 0.05) is 20.4 Å². The van der Waals surface area contributed by atoms with Gasteiger partial charge < -0.3 is 9.30 Å². The van der Waals surface area contributed by atoms with Crippen molar-refractivity contribution < 1.29 is 4.74 Å². The third kappa shape index (κ3) is 2.24. The molecule has 1 aromatic heterocycles. The molecule has 14 heavy (non-hydrogen) atoms. The summed E-state index contributed by atoms with van der Waals surface area (Å²) >= 11 is 1.91. The SMILES string of the molecule is COCCn1c(=O)c(I)cn(C)c1=O. The molecule has 0 saturated carbocycles. The second kappa shape index (κ2) is 4.74. The lowest BCUT2D eigenvalue weighted by Gasteiger charge is -2.06. The molecule has 78 valence electrons. The molecule has 1 rings (SSSR count). The molecule has 0 aliphatic carbocycles. The molecular weight excluding hydrogens is 299 g/mol. The van der Waals surface area contributed by atoms with E-state index in [4.69, 9.17) is 4.74 Å². The largest absolute Gasteiger partial charge is 0.383 e. The van der Waals surface area contributed by atoms with Gasteiger partial charge in [-0.2, -0.15) is 0 Å². The number of hydrogen-bond donors (Lipinski definition) is 0. The van der Waals surface area contributed by atoms with E-state index < -0.39 is 0 Å². The van der Waals surface area contributed by atoms with E-state index in [1.165, 1.54) is 22.4 Å². The highest BCUT2D eigenvalue weighted by Crippen LogP contribution is 1.92. The van der Waals surface area contributed by atoms with E-state index >= 15 is 0 Å². The Morgan fingerprint density at radius 2 is 2.14 bits per heavy atom. The molecule has 0 spiro atoms. The van der Waals surface area contributed by atoms with Crippen molar-refractivity contribution in [3.63, 3.8) is 0 Å². The Morgan fingerprint density at radius 3 is 2.71 bits per heavy atom. The summed E-state index contributed by atoms with van der Waals surface area (Å²) in [6.45, 7) is 0.647. The van der Waals surface area contributed by atoms with Gasteiger partial charge in [0.2, 0.25) is 0 Å². The topological polar surface area (TPSA) is 53.2 Å². The molecule has 0 saturated heterocycles. The highest BCUT2D eigenvalue weighted by atomic mass is 127. The molecule has 0 aliphatic heterocycles. The average molecular weight is 310 g/mol. The van der Waals surface area contributed by atoms with E-state index in [2.05, 4.69) is 0 Å². The van der Waals surface area contributed by atoms with Crippen LogP contribution < -0.4 is 11.2 Å². The number of methoxy groups -OCH3 is 1. The fraction of sp³-hybridized carbons (Fsp3) is 0.500. The fourth-order valence-corrected chi connectivity index (χ4v) is 1.78. The zero-order chi connectivity index (χ0) is 10.7. The Kier molecular flexibility index (Phi) is 3.87. The smallest absolute Gasteiger partial charge is 0.330 e. The number of rotatable bonds is 3. The van der Waals surface area contributed by atoms with E-state index in [9.17, 15) is 9.59 Å². The van der Waals surface area contributed by atoms with Crippen LogP contribution in [0.1, 0.15) is 0 Å². The van der Waals surface area contributed by atoms with Gasteiger partial charge in [0.1, 0.15) is 0 Å². The van der Waals surface area contributed by atoms with E-state index in [0.29, 0.717) is 16.7 Å². The van der Waals surface area contributed by atoms with Crippen LogP contribution in [0.3, 0.4) is 0 Å². The number of halogens is 1. The average Bonchev–Trinajstić information content (AvgIpc) is 2.15. The van der Waals surface area contributed by atoms with Gasteiger partial charge in [-0.05, 0) is 22.6 Å². The summed E-state index contributed by atoms with van der Waals surface area (Å²) in [7, 11) is 3.15. The second-order valence-corrected chi connectivity index (χ2v) is 3.98. The van der Waals surface area contributed by atoms with E-state index in [1.54, 1.807) is 7.05 Å². The van der Waals surface area contributed by atoms with Crippen LogP contribution in [-0.4, -0.2) is 22.9 Å². The second-order valence-electron chi connectivity index (χ2n) is 2.82. The van der Waals surface area contributed by atoms with Gasteiger partial charge >= 0.3 is 5.69 Å². The van der Waals surface area contributed by atoms with Crippen molar-refractivity contribution in [1.29, 1.82) is 0 Å². The maximum Gasteiger partial charge on any atom is 0.330 e. The molecule has 0 atom stereocenters. The van der Waals surface area contributed by atoms with Crippen LogP contribution >= 0.6 is 22.6 Å². The van der Waals surface area contributed by atoms with Gasteiger partial charge in [0.05, 0.1) is 16.7 Å². The first kappa shape index (κ1) is 11.4. The fourth-order valence-electron chi connectivity index (χ4n) is 1.07. The quantitative estimate of drug-likeness (QED) is 0.727. The van der Waals surface area contributed by atoms with Crippen molar-refractivity contribution >= 4 is 22.6 Å². The predicted molar refractivity (Wildman–Crippen MR) is 60.5 cm³/mol. The highest BCUT2D eigenvalue weighted by molar-refractivity contribution is 14.1. The van der Waals surface area contributed by atoms with Crippen molar-refractivity contribution in [2.24, 2.45) is 7.05 Å². The summed E-state index contributed by atoms with van der Waals surface area (Å²) in [6.07, 6.45) is 1.52. The van der Waals surface area contributed by atoms with Gasteiger partial charge in [-0.15, -0.1) is 0 Å². The molecule has 0 amide bonds. The molecule has 0 radical (unpaired) electrons. The Bertz CT molecular complexity index is 401. The monoisotopic (exact) mass is 310 g/mol. The van der Waals surface area contributed by atoms with Crippen molar-refractivity contribution in [2.75, 3.05) is 13.7 Å².